The Morgan fingerprint density at radius 1 is 1.03 bits per heavy atom. The van der Waals surface area contributed by atoms with Crippen molar-refractivity contribution in [1.29, 1.82) is 0 Å². The van der Waals surface area contributed by atoms with E-state index in [2.05, 4.69) is 48.3 Å². The predicted octanol–water partition coefficient (Wildman–Crippen LogP) is 5.53. The van der Waals surface area contributed by atoms with E-state index in [1.807, 2.05) is 0 Å². The molecule has 1 atom stereocenters. The molecule has 1 unspecified atom stereocenters. The molecule has 1 aromatic heterocycles. The van der Waals surface area contributed by atoms with Crippen LogP contribution in [0.25, 0.3) is 11.0 Å². The monoisotopic (exact) mass is 452 g/mol. The second-order valence-electron chi connectivity index (χ2n) is 8.76. The second kappa shape index (κ2) is 9.88. The molecule has 1 amide bonds. The van der Waals surface area contributed by atoms with Crippen molar-refractivity contribution in [3.05, 3.63) is 80.7 Å². The second-order valence-corrected chi connectivity index (χ2v) is 9.20. The summed E-state index contributed by atoms with van der Waals surface area (Å²) in [6, 6.07) is 14.8. The maximum Gasteiger partial charge on any atom is 0.287 e. The Morgan fingerprint density at radius 3 is 2.41 bits per heavy atom. The molecule has 0 radical (unpaired) electrons. The normalized spacial score (nSPS) is 15.8. The molecular weight excluding hydrogens is 424 g/mol. The molecular formula is C26H29ClN2O3. The third kappa shape index (κ3) is 5.05. The minimum absolute atomic E-state index is 0.0115. The smallest absolute Gasteiger partial charge is 0.287 e. The van der Waals surface area contributed by atoms with E-state index in [1.165, 1.54) is 23.6 Å². The summed E-state index contributed by atoms with van der Waals surface area (Å²) in [5, 5.41) is 3.82. The SMILES string of the molecule is CC(C)c1ccc(C(CNC(=O)c2cc(=O)c3cc(Cl)ccc3o2)N2CCCCC2)cc1. The van der Waals surface area contributed by atoms with Crippen molar-refractivity contribution in [3.63, 3.8) is 0 Å². The molecule has 1 fully saturated rings. The Morgan fingerprint density at radius 2 is 1.72 bits per heavy atom. The molecule has 1 N–H and O–H groups in total. The summed E-state index contributed by atoms with van der Waals surface area (Å²) in [5.74, 6) is 0.0972. The molecule has 1 saturated heterocycles. The first-order valence-electron chi connectivity index (χ1n) is 11.3. The Bertz CT molecular complexity index is 1150. The summed E-state index contributed by atoms with van der Waals surface area (Å²) in [5.41, 5.74) is 2.55. The van der Waals surface area contributed by atoms with Crippen LogP contribution in [0.1, 0.15) is 66.8 Å². The van der Waals surface area contributed by atoms with Crippen molar-refractivity contribution in [3.8, 4) is 0 Å². The van der Waals surface area contributed by atoms with E-state index in [-0.39, 0.29) is 23.1 Å². The van der Waals surface area contributed by atoms with Crippen molar-refractivity contribution in [2.45, 2.75) is 45.1 Å². The van der Waals surface area contributed by atoms with Gasteiger partial charge in [-0.05, 0) is 61.2 Å². The van der Waals surface area contributed by atoms with Crippen LogP contribution in [-0.4, -0.2) is 30.4 Å². The standard InChI is InChI=1S/C26H29ClN2O3/c1-17(2)18-6-8-19(9-7-18)22(29-12-4-3-5-13-29)16-28-26(31)25-15-23(30)21-14-20(27)10-11-24(21)32-25/h6-11,14-15,17,22H,3-5,12-13,16H2,1-2H3,(H,28,31). The van der Waals surface area contributed by atoms with E-state index in [9.17, 15) is 9.59 Å². The molecule has 2 aromatic carbocycles. The molecule has 32 heavy (non-hydrogen) atoms. The Labute approximate surface area is 193 Å². The summed E-state index contributed by atoms with van der Waals surface area (Å²) in [7, 11) is 0. The number of benzene rings is 2. The van der Waals surface area contributed by atoms with Gasteiger partial charge in [0.15, 0.2) is 11.2 Å². The number of piperidine rings is 1. The van der Waals surface area contributed by atoms with E-state index in [4.69, 9.17) is 16.0 Å². The van der Waals surface area contributed by atoms with Crippen LogP contribution in [0.4, 0.5) is 0 Å². The lowest BCUT2D eigenvalue weighted by atomic mass is 9.97. The molecule has 2 heterocycles. The molecule has 0 saturated carbocycles. The fourth-order valence-electron chi connectivity index (χ4n) is 4.31. The zero-order valence-electron chi connectivity index (χ0n) is 18.6. The van der Waals surface area contributed by atoms with Crippen LogP contribution >= 0.6 is 11.6 Å². The molecule has 3 aromatic rings. The number of fused-ring (bicyclic) bond motifs is 1. The van der Waals surface area contributed by atoms with Crippen molar-refractivity contribution in [2.75, 3.05) is 19.6 Å². The lowest BCUT2D eigenvalue weighted by Gasteiger charge is -2.35. The van der Waals surface area contributed by atoms with Crippen LogP contribution in [0.3, 0.4) is 0 Å². The average molecular weight is 453 g/mol. The van der Waals surface area contributed by atoms with Gasteiger partial charge in [-0.15, -0.1) is 0 Å². The Kier molecular flexibility index (Phi) is 6.97. The van der Waals surface area contributed by atoms with Crippen LogP contribution in [0.5, 0.6) is 0 Å². The molecule has 1 aliphatic heterocycles. The zero-order valence-corrected chi connectivity index (χ0v) is 19.3. The molecule has 0 bridgehead atoms. The fourth-order valence-corrected chi connectivity index (χ4v) is 4.48. The van der Waals surface area contributed by atoms with E-state index >= 15 is 0 Å². The molecule has 0 spiro atoms. The number of hydrogen-bond acceptors (Lipinski definition) is 4. The average Bonchev–Trinajstić information content (AvgIpc) is 2.80. The highest BCUT2D eigenvalue weighted by atomic mass is 35.5. The van der Waals surface area contributed by atoms with Crippen molar-refractivity contribution in [1.82, 2.24) is 10.2 Å². The van der Waals surface area contributed by atoms with Crippen LogP contribution in [0.2, 0.25) is 5.02 Å². The van der Waals surface area contributed by atoms with Gasteiger partial charge in [-0.25, -0.2) is 0 Å². The van der Waals surface area contributed by atoms with E-state index < -0.39 is 0 Å². The summed E-state index contributed by atoms with van der Waals surface area (Å²) in [4.78, 5) is 27.8. The minimum atomic E-state index is -0.389. The number of hydrogen-bond donors (Lipinski definition) is 1. The fraction of sp³-hybridized carbons (Fsp3) is 0.385. The van der Waals surface area contributed by atoms with E-state index in [0.717, 1.165) is 25.9 Å². The van der Waals surface area contributed by atoms with Crippen molar-refractivity contribution >= 4 is 28.5 Å². The van der Waals surface area contributed by atoms with Gasteiger partial charge in [0.2, 0.25) is 0 Å². The van der Waals surface area contributed by atoms with Gasteiger partial charge in [-0.3, -0.25) is 14.5 Å². The number of nitrogens with zero attached hydrogens (tertiary/aromatic N) is 1. The number of amides is 1. The van der Waals surface area contributed by atoms with Crippen molar-refractivity contribution < 1.29 is 9.21 Å². The molecule has 168 valence electrons. The van der Waals surface area contributed by atoms with E-state index in [1.54, 1.807) is 18.2 Å². The quantitative estimate of drug-likeness (QED) is 0.534. The minimum Gasteiger partial charge on any atom is -0.451 e. The predicted molar refractivity (Wildman–Crippen MR) is 129 cm³/mol. The number of rotatable bonds is 6. The number of carbonyl (C=O) groups is 1. The highest BCUT2D eigenvalue weighted by Gasteiger charge is 2.24. The Hall–Kier alpha value is -2.63. The van der Waals surface area contributed by atoms with Gasteiger partial charge in [-0.1, -0.05) is 56.1 Å². The maximum atomic E-state index is 12.9. The van der Waals surface area contributed by atoms with Gasteiger partial charge in [0.1, 0.15) is 5.58 Å². The van der Waals surface area contributed by atoms with Crippen LogP contribution < -0.4 is 10.7 Å². The summed E-state index contributed by atoms with van der Waals surface area (Å²) < 4.78 is 5.70. The summed E-state index contributed by atoms with van der Waals surface area (Å²) >= 11 is 5.97. The topological polar surface area (TPSA) is 62.6 Å². The number of carbonyl (C=O) groups excluding carboxylic acids is 1. The molecule has 0 aliphatic carbocycles. The Balaban J connectivity index is 1.54. The molecule has 1 aliphatic rings. The first kappa shape index (κ1) is 22.6. The van der Waals surface area contributed by atoms with Gasteiger partial charge >= 0.3 is 0 Å². The molecule has 6 heteroatoms. The largest absolute Gasteiger partial charge is 0.451 e. The highest BCUT2D eigenvalue weighted by molar-refractivity contribution is 6.31. The van der Waals surface area contributed by atoms with E-state index in [0.29, 0.717) is 28.5 Å². The van der Waals surface area contributed by atoms with Crippen LogP contribution in [0.15, 0.2) is 57.7 Å². The summed E-state index contributed by atoms with van der Waals surface area (Å²) in [6.45, 7) is 6.84. The third-order valence-electron chi connectivity index (χ3n) is 6.19. The van der Waals surface area contributed by atoms with Gasteiger partial charge in [0.05, 0.1) is 11.4 Å². The molecule has 4 rings (SSSR count). The number of halogens is 1. The van der Waals surface area contributed by atoms with Crippen LogP contribution in [0, 0.1) is 0 Å². The highest BCUT2D eigenvalue weighted by Crippen LogP contribution is 2.26. The van der Waals surface area contributed by atoms with Gasteiger partial charge in [0, 0.05) is 17.6 Å². The van der Waals surface area contributed by atoms with Gasteiger partial charge < -0.3 is 9.73 Å². The number of nitrogens with one attached hydrogen (secondary N) is 1. The number of likely N-dealkylation sites (tertiary alicyclic amines) is 1. The lowest BCUT2D eigenvalue weighted by Crippen LogP contribution is -2.40. The van der Waals surface area contributed by atoms with Crippen LogP contribution in [-0.2, 0) is 0 Å². The third-order valence-corrected chi connectivity index (χ3v) is 6.42. The maximum absolute atomic E-state index is 12.9. The first-order chi connectivity index (χ1) is 15.4. The summed E-state index contributed by atoms with van der Waals surface area (Å²) in [6.07, 6.45) is 3.57. The lowest BCUT2D eigenvalue weighted by molar-refractivity contribution is 0.0897. The molecule has 5 nitrogen and oxygen atoms in total. The first-order valence-corrected chi connectivity index (χ1v) is 11.7. The van der Waals surface area contributed by atoms with Gasteiger partial charge in [0.25, 0.3) is 5.91 Å². The zero-order chi connectivity index (χ0) is 22.7. The van der Waals surface area contributed by atoms with Gasteiger partial charge in [-0.2, -0.15) is 0 Å². The van der Waals surface area contributed by atoms with Crippen molar-refractivity contribution in [2.24, 2.45) is 0 Å².